The highest BCUT2D eigenvalue weighted by Crippen LogP contribution is 2.26. The van der Waals surface area contributed by atoms with Crippen molar-refractivity contribution in [2.45, 2.75) is 13.0 Å². The monoisotopic (exact) mass is 299 g/mol. The Morgan fingerprint density at radius 2 is 1.82 bits per heavy atom. The molecule has 0 bridgehead atoms. The van der Waals surface area contributed by atoms with Gasteiger partial charge in [-0.05, 0) is 36.8 Å². The van der Waals surface area contributed by atoms with Crippen molar-refractivity contribution in [3.05, 3.63) is 78.1 Å². The van der Waals surface area contributed by atoms with Crippen molar-refractivity contribution in [3.8, 4) is 0 Å². The van der Waals surface area contributed by atoms with E-state index in [1.807, 2.05) is 30.3 Å². The van der Waals surface area contributed by atoms with Crippen LogP contribution >= 0.6 is 0 Å². The van der Waals surface area contributed by atoms with Crippen LogP contribution in [0.25, 0.3) is 0 Å². The Kier molecular flexibility index (Phi) is 5.31. The molecule has 0 aliphatic carbocycles. The number of rotatable bonds is 6. The fourth-order valence-corrected chi connectivity index (χ4v) is 2.07. The maximum atomic E-state index is 13.0. The molecule has 2 aromatic rings. The van der Waals surface area contributed by atoms with E-state index in [1.54, 1.807) is 19.1 Å². The minimum absolute atomic E-state index is 0.288. The summed E-state index contributed by atoms with van der Waals surface area (Å²) < 4.78 is 18.0. The van der Waals surface area contributed by atoms with Crippen LogP contribution in [0.1, 0.15) is 18.5 Å². The van der Waals surface area contributed by atoms with Crippen LogP contribution in [-0.4, -0.2) is 12.6 Å². The van der Waals surface area contributed by atoms with E-state index >= 15 is 0 Å². The van der Waals surface area contributed by atoms with E-state index < -0.39 is 12.0 Å². The number of hydrogen-bond acceptors (Lipinski definition) is 3. The molecule has 0 spiro atoms. The van der Waals surface area contributed by atoms with Crippen molar-refractivity contribution in [2.75, 3.05) is 11.9 Å². The predicted octanol–water partition coefficient (Wildman–Crippen LogP) is 4.10. The molecule has 1 N–H and O–H groups in total. The molecule has 0 saturated carbocycles. The van der Waals surface area contributed by atoms with Gasteiger partial charge in [0.05, 0.1) is 18.2 Å². The number of anilines is 1. The summed E-state index contributed by atoms with van der Waals surface area (Å²) in [5.74, 6) is -0.767. The average Bonchev–Trinajstić information content (AvgIpc) is 2.55. The van der Waals surface area contributed by atoms with Gasteiger partial charge in [0.1, 0.15) is 5.82 Å². The van der Waals surface area contributed by atoms with Crippen LogP contribution < -0.4 is 5.32 Å². The topological polar surface area (TPSA) is 38.3 Å². The van der Waals surface area contributed by atoms with Crippen molar-refractivity contribution < 1.29 is 13.9 Å². The number of ether oxygens (including phenoxy) is 1. The molecule has 0 saturated heterocycles. The third-order valence-electron chi connectivity index (χ3n) is 3.17. The van der Waals surface area contributed by atoms with Crippen LogP contribution in [0.3, 0.4) is 0 Å². The molecule has 22 heavy (non-hydrogen) atoms. The highest BCUT2D eigenvalue weighted by Gasteiger charge is 2.21. The first-order chi connectivity index (χ1) is 10.6. The molecule has 0 fully saturated rings. The van der Waals surface area contributed by atoms with Gasteiger partial charge >= 0.3 is 5.97 Å². The number of benzene rings is 2. The summed E-state index contributed by atoms with van der Waals surface area (Å²) in [6.45, 7) is 5.89. The SMILES string of the molecule is C=C(C(=O)OCC)[C@H](Nc1ccc(F)cc1)c1ccccc1. The van der Waals surface area contributed by atoms with Crippen LogP contribution in [0.2, 0.25) is 0 Å². The Morgan fingerprint density at radius 3 is 2.41 bits per heavy atom. The lowest BCUT2D eigenvalue weighted by Gasteiger charge is -2.21. The van der Waals surface area contributed by atoms with Gasteiger partial charge < -0.3 is 10.1 Å². The van der Waals surface area contributed by atoms with E-state index in [1.165, 1.54) is 12.1 Å². The fourth-order valence-electron chi connectivity index (χ4n) is 2.07. The van der Waals surface area contributed by atoms with Gasteiger partial charge in [-0.15, -0.1) is 0 Å². The van der Waals surface area contributed by atoms with Crippen LogP contribution in [-0.2, 0) is 9.53 Å². The Labute approximate surface area is 129 Å². The van der Waals surface area contributed by atoms with Gasteiger partial charge in [0.25, 0.3) is 0 Å². The average molecular weight is 299 g/mol. The molecule has 1 atom stereocenters. The van der Waals surface area contributed by atoms with Crippen LogP contribution in [0.4, 0.5) is 10.1 Å². The van der Waals surface area contributed by atoms with Crippen molar-refractivity contribution in [3.63, 3.8) is 0 Å². The van der Waals surface area contributed by atoms with E-state index in [4.69, 9.17) is 4.74 Å². The normalized spacial score (nSPS) is 11.5. The maximum Gasteiger partial charge on any atom is 0.335 e. The summed E-state index contributed by atoms with van der Waals surface area (Å²) in [6.07, 6.45) is 0. The number of esters is 1. The fraction of sp³-hybridized carbons (Fsp3) is 0.167. The van der Waals surface area contributed by atoms with E-state index in [0.29, 0.717) is 11.3 Å². The van der Waals surface area contributed by atoms with Crippen molar-refractivity contribution in [2.24, 2.45) is 0 Å². The molecular formula is C18H18FNO2. The van der Waals surface area contributed by atoms with Crippen molar-refractivity contribution >= 4 is 11.7 Å². The minimum Gasteiger partial charge on any atom is -0.463 e. The maximum absolute atomic E-state index is 13.0. The minimum atomic E-state index is -0.453. The third kappa shape index (κ3) is 3.95. The first-order valence-corrected chi connectivity index (χ1v) is 7.04. The summed E-state index contributed by atoms with van der Waals surface area (Å²) in [4.78, 5) is 12.0. The number of halogens is 1. The molecule has 0 heterocycles. The lowest BCUT2D eigenvalue weighted by molar-refractivity contribution is -0.138. The Morgan fingerprint density at radius 1 is 1.18 bits per heavy atom. The van der Waals surface area contributed by atoms with E-state index in [0.717, 1.165) is 5.56 Å². The summed E-state index contributed by atoms with van der Waals surface area (Å²) >= 11 is 0. The first kappa shape index (κ1) is 15.8. The van der Waals surface area contributed by atoms with Crippen molar-refractivity contribution in [1.82, 2.24) is 0 Å². The van der Waals surface area contributed by atoms with Gasteiger partial charge in [0.15, 0.2) is 0 Å². The summed E-state index contributed by atoms with van der Waals surface area (Å²) in [7, 11) is 0. The Bertz CT molecular complexity index is 638. The van der Waals surface area contributed by atoms with E-state index in [-0.39, 0.29) is 12.4 Å². The number of nitrogens with one attached hydrogen (secondary N) is 1. The van der Waals surface area contributed by atoms with Gasteiger partial charge in [-0.2, -0.15) is 0 Å². The zero-order valence-electron chi connectivity index (χ0n) is 12.4. The van der Waals surface area contributed by atoms with Crippen LogP contribution in [0.5, 0.6) is 0 Å². The standard InChI is InChI=1S/C18H18FNO2/c1-3-22-18(21)13(2)17(14-7-5-4-6-8-14)20-16-11-9-15(19)10-12-16/h4-12,17,20H,2-3H2,1H3/t17-/m0/s1. The van der Waals surface area contributed by atoms with Gasteiger partial charge in [0, 0.05) is 5.69 Å². The second-order valence-corrected chi connectivity index (χ2v) is 4.74. The summed E-state index contributed by atoms with van der Waals surface area (Å²) in [6, 6.07) is 15.0. The molecule has 4 heteroatoms. The summed E-state index contributed by atoms with van der Waals surface area (Å²) in [5.41, 5.74) is 1.88. The molecule has 114 valence electrons. The van der Waals surface area contributed by atoms with Gasteiger partial charge in [-0.3, -0.25) is 0 Å². The van der Waals surface area contributed by atoms with E-state index in [9.17, 15) is 9.18 Å². The molecule has 3 nitrogen and oxygen atoms in total. The molecule has 2 rings (SSSR count). The zero-order chi connectivity index (χ0) is 15.9. The smallest absolute Gasteiger partial charge is 0.335 e. The molecule has 2 aromatic carbocycles. The predicted molar refractivity (Wildman–Crippen MR) is 85.0 cm³/mol. The molecule has 0 aliphatic heterocycles. The Balaban J connectivity index is 2.27. The largest absolute Gasteiger partial charge is 0.463 e. The Hall–Kier alpha value is -2.62. The lowest BCUT2D eigenvalue weighted by atomic mass is 9.99. The van der Waals surface area contributed by atoms with Gasteiger partial charge in [0.2, 0.25) is 0 Å². The first-order valence-electron chi connectivity index (χ1n) is 7.04. The highest BCUT2D eigenvalue weighted by atomic mass is 19.1. The van der Waals surface area contributed by atoms with Crippen molar-refractivity contribution in [1.29, 1.82) is 0 Å². The molecule has 0 amide bonds. The number of hydrogen-bond donors (Lipinski definition) is 1. The van der Waals surface area contributed by atoms with E-state index in [2.05, 4.69) is 11.9 Å². The number of carbonyl (C=O) groups excluding carboxylic acids is 1. The summed E-state index contributed by atoms with van der Waals surface area (Å²) in [5, 5.41) is 3.19. The number of carbonyl (C=O) groups is 1. The zero-order valence-corrected chi connectivity index (χ0v) is 12.4. The molecule has 0 radical (unpaired) electrons. The molecule has 0 unspecified atom stereocenters. The highest BCUT2D eigenvalue weighted by molar-refractivity contribution is 5.90. The second-order valence-electron chi connectivity index (χ2n) is 4.74. The van der Waals surface area contributed by atoms with Crippen LogP contribution in [0.15, 0.2) is 66.7 Å². The lowest BCUT2D eigenvalue weighted by Crippen LogP contribution is -2.20. The van der Waals surface area contributed by atoms with Gasteiger partial charge in [-0.25, -0.2) is 9.18 Å². The van der Waals surface area contributed by atoms with Crippen LogP contribution in [0, 0.1) is 5.82 Å². The van der Waals surface area contributed by atoms with Gasteiger partial charge in [-0.1, -0.05) is 36.9 Å². The molecule has 0 aromatic heterocycles. The molecular weight excluding hydrogens is 281 g/mol. The molecule has 0 aliphatic rings. The second kappa shape index (κ2) is 7.41. The quantitative estimate of drug-likeness (QED) is 0.644. The third-order valence-corrected chi connectivity index (χ3v) is 3.17.